The van der Waals surface area contributed by atoms with Crippen LogP contribution in [-0.4, -0.2) is 33.0 Å². The van der Waals surface area contributed by atoms with Gasteiger partial charge in [-0.1, -0.05) is 0 Å². The second kappa shape index (κ2) is 8.36. The number of nitrogens with one attached hydrogen (secondary N) is 1. The SMILES string of the molecule is N#CCCN(CCC#N)c1ncnc(Nc2nccs2)c1[N+](=O)[O-]. The van der Waals surface area contributed by atoms with Gasteiger partial charge in [0.05, 0.1) is 29.9 Å². The number of hydrogen-bond acceptors (Lipinski definition) is 10. The minimum atomic E-state index is -0.586. The number of nitrogens with zero attached hydrogens (tertiary/aromatic N) is 7. The van der Waals surface area contributed by atoms with Crippen molar-refractivity contribution in [3.63, 3.8) is 0 Å². The second-order valence-corrected chi connectivity index (χ2v) is 5.31. The number of anilines is 3. The fraction of sp³-hybridized carbons (Fsp3) is 0.308. The van der Waals surface area contributed by atoms with Crippen molar-refractivity contribution < 1.29 is 4.92 Å². The van der Waals surface area contributed by atoms with Gasteiger partial charge in [-0.05, 0) is 0 Å². The van der Waals surface area contributed by atoms with Crippen LogP contribution in [0.1, 0.15) is 12.8 Å². The maximum absolute atomic E-state index is 11.5. The van der Waals surface area contributed by atoms with Gasteiger partial charge in [0.1, 0.15) is 6.33 Å². The summed E-state index contributed by atoms with van der Waals surface area (Å²) in [7, 11) is 0. The van der Waals surface area contributed by atoms with Gasteiger partial charge >= 0.3 is 5.69 Å². The number of rotatable bonds is 8. The molecule has 10 nitrogen and oxygen atoms in total. The molecule has 0 aliphatic rings. The number of nitro groups is 1. The monoisotopic (exact) mass is 344 g/mol. The largest absolute Gasteiger partial charge is 0.353 e. The molecule has 0 aliphatic carbocycles. The molecule has 0 spiro atoms. The van der Waals surface area contributed by atoms with Crippen LogP contribution in [0, 0.1) is 32.8 Å². The summed E-state index contributed by atoms with van der Waals surface area (Å²) < 4.78 is 0. The highest BCUT2D eigenvalue weighted by Crippen LogP contribution is 2.34. The van der Waals surface area contributed by atoms with Gasteiger partial charge in [0.2, 0.25) is 11.6 Å². The Morgan fingerprint density at radius 2 is 1.96 bits per heavy atom. The molecule has 0 radical (unpaired) electrons. The second-order valence-electron chi connectivity index (χ2n) is 4.42. The van der Waals surface area contributed by atoms with Crippen molar-refractivity contribution in [2.24, 2.45) is 0 Å². The van der Waals surface area contributed by atoms with Crippen LogP contribution < -0.4 is 10.2 Å². The lowest BCUT2D eigenvalue weighted by Crippen LogP contribution is -2.27. The zero-order valence-electron chi connectivity index (χ0n) is 12.4. The summed E-state index contributed by atoms with van der Waals surface area (Å²) in [5, 5.41) is 34.0. The lowest BCUT2D eigenvalue weighted by Gasteiger charge is -2.21. The van der Waals surface area contributed by atoms with Crippen molar-refractivity contribution in [3.05, 3.63) is 28.0 Å². The van der Waals surface area contributed by atoms with E-state index in [1.54, 1.807) is 16.5 Å². The fourth-order valence-corrected chi connectivity index (χ4v) is 2.47. The van der Waals surface area contributed by atoms with Crippen molar-refractivity contribution in [3.8, 4) is 12.1 Å². The molecule has 0 aliphatic heterocycles. The van der Waals surface area contributed by atoms with Crippen LogP contribution in [0.2, 0.25) is 0 Å². The van der Waals surface area contributed by atoms with E-state index in [4.69, 9.17) is 10.5 Å². The molecule has 0 fully saturated rings. The first kappa shape index (κ1) is 17.1. The molecule has 24 heavy (non-hydrogen) atoms. The van der Waals surface area contributed by atoms with E-state index in [9.17, 15) is 10.1 Å². The summed E-state index contributed by atoms with van der Waals surface area (Å²) >= 11 is 1.28. The average molecular weight is 344 g/mol. The lowest BCUT2D eigenvalue weighted by molar-refractivity contribution is -0.383. The summed E-state index contributed by atoms with van der Waals surface area (Å²) in [6, 6.07) is 3.96. The van der Waals surface area contributed by atoms with Gasteiger partial charge in [0, 0.05) is 24.7 Å². The van der Waals surface area contributed by atoms with Crippen molar-refractivity contribution >= 4 is 33.8 Å². The summed E-state index contributed by atoms with van der Waals surface area (Å²) in [5.41, 5.74) is -0.316. The molecular formula is C13H12N8O2S. The highest BCUT2D eigenvalue weighted by molar-refractivity contribution is 7.13. The van der Waals surface area contributed by atoms with E-state index >= 15 is 0 Å². The van der Waals surface area contributed by atoms with Crippen LogP contribution in [0.3, 0.4) is 0 Å². The van der Waals surface area contributed by atoms with E-state index in [0.29, 0.717) is 5.13 Å². The number of nitriles is 2. The van der Waals surface area contributed by atoms with Gasteiger partial charge < -0.3 is 10.2 Å². The third-order valence-corrected chi connectivity index (χ3v) is 3.62. The molecule has 0 saturated heterocycles. The Balaban J connectivity index is 2.41. The topological polar surface area (TPSA) is 145 Å². The molecule has 0 atom stereocenters. The van der Waals surface area contributed by atoms with Crippen molar-refractivity contribution in [1.82, 2.24) is 15.0 Å². The molecule has 2 heterocycles. The average Bonchev–Trinajstić information content (AvgIpc) is 3.07. The highest BCUT2D eigenvalue weighted by Gasteiger charge is 2.27. The van der Waals surface area contributed by atoms with E-state index in [1.165, 1.54) is 17.7 Å². The Labute approximate surface area is 141 Å². The van der Waals surface area contributed by atoms with Crippen molar-refractivity contribution in [2.45, 2.75) is 12.8 Å². The molecule has 0 unspecified atom stereocenters. The van der Waals surface area contributed by atoms with Gasteiger partial charge in [-0.25, -0.2) is 15.0 Å². The van der Waals surface area contributed by atoms with Crippen LogP contribution in [0.4, 0.5) is 22.5 Å². The highest BCUT2D eigenvalue weighted by atomic mass is 32.1. The van der Waals surface area contributed by atoms with E-state index in [0.717, 1.165) is 0 Å². The Bertz CT molecular complexity index is 762. The Hall–Kier alpha value is -3.31. The van der Waals surface area contributed by atoms with Crippen LogP contribution in [-0.2, 0) is 0 Å². The molecule has 2 rings (SSSR count). The van der Waals surface area contributed by atoms with Gasteiger partial charge in [-0.3, -0.25) is 10.1 Å². The van der Waals surface area contributed by atoms with Crippen LogP contribution >= 0.6 is 11.3 Å². The predicted molar refractivity (Wildman–Crippen MR) is 86.8 cm³/mol. The van der Waals surface area contributed by atoms with Crippen LogP contribution in [0.5, 0.6) is 0 Å². The van der Waals surface area contributed by atoms with Gasteiger partial charge in [0.15, 0.2) is 5.13 Å². The van der Waals surface area contributed by atoms with E-state index in [-0.39, 0.29) is 43.3 Å². The molecule has 122 valence electrons. The van der Waals surface area contributed by atoms with E-state index in [1.807, 2.05) is 12.1 Å². The van der Waals surface area contributed by atoms with Crippen LogP contribution in [0.15, 0.2) is 17.9 Å². The number of thiazole rings is 1. The molecule has 11 heteroatoms. The summed E-state index contributed by atoms with van der Waals surface area (Å²) in [6.45, 7) is 0.458. The Morgan fingerprint density at radius 1 is 1.25 bits per heavy atom. The Kier molecular flexibility index (Phi) is 5.94. The normalized spacial score (nSPS) is 9.75. The molecular weight excluding hydrogens is 332 g/mol. The molecule has 0 aromatic carbocycles. The summed E-state index contributed by atoms with van der Waals surface area (Å²) in [5.74, 6) is 0.0819. The first-order chi connectivity index (χ1) is 11.7. The number of hydrogen-bond donors (Lipinski definition) is 1. The van der Waals surface area contributed by atoms with Gasteiger partial charge in [-0.15, -0.1) is 11.3 Å². The molecule has 0 saturated carbocycles. The predicted octanol–water partition coefficient (Wildman–Crippen LogP) is 2.22. The standard InChI is InChI=1S/C13H12N8O2S/c14-3-1-6-20(7-2-4-15)12-10(21(22)23)11(17-9-18-12)19-13-16-5-8-24-13/h5,8-9H,1-2,6-7H2,(H,16,17,18,19). The lowest BCUT2D eigenvalue weighted by atomic mass is 10.3. The third kappa shape index (κ3) is 4.12. The third-order valence-electron chi connectivity index (χ3n) is 2.93. The maximum atomic E-state index is 11.5. The van der Waals surface area contributed by atoms with Crippen molar-refractivity contribution in [1.29, 1.82) is 10.5 Å². The minimum Gasteiger partial charge on any atom is -0.349 e. The molecule has 1 N–H and O–H groups in total. The van der Waals surface area contributed by atoms with Crippen molar-refractivity contribution in [2.75, 3.05) is 23.3 Å². The molecule has 0 bridgehead atoms. The smallest absolute Gasteiger partial charge is 0.349 e. The van der Waals surface area contributed by atoms with E-state index < -0.39 is 4.92 Å². The zero-order chi connectivity index (χ0) is 17.4. The number of aromatic nitrogens is 3. The van der Waals surface area contributed by atoms with E-state index in [2.05, 4.69) is 20.3 Å². The molecule has 2 aromatic heterocycles. The summed E-state index contributed by atoms with van der Waals surface area (Å²) in [4.78, 5) is 24.4. The quantitative estimate of drug-likeness (QED) is 0.562. The zero-order valence-corrected chi connectivity index (χ0v) is 13.2. The molecule has 2 aromatic rings. The first-order valence-corrected chi connectivity index (χ1v) is 7.70. The summed E-state index contributed by atoms with van der Waals surface area (Å²) in [6.07, 6.45) is 3.07. The van der Waals surface area contributed by atoms with Gasteiger partial charge in [-0.2, -0.15) is 10.5 Å². The first-order valence-electron chi connectivity index (χ1n) is 6.82. The van der Waals surface area contributed by atoms with Gasteiger partial charge in [0.25, 0.3) is 0 Å². The minimum absolute atomic E-state index is 0.0128. The maximum Gasteiger partial charge on any atom is 0.353 e. The Morgan fingerprint density at radius 3 is 2.50 bits per heavy atom. The van der Waals surface area contributed by atoms with Crippen LogP contribution in [0.25, 0.3) is 0 Å². The molecule has 0 amide bonds. The fourth-order valence-electron chi connectivity index (χ4n) is 1.94.